The van der Waals surface area contributed by atoms with Crippen LogP contribution in [0.1, 0.15) is 12.5 Å². The van der Waals surface area contributed by atoms with E-state index in [4.69, 9.17) is 4.42 Å². The van der Waals surface area contributed by atoms with Gasteiger partial charge in [-0.15, -0.1) is 6.58 Å². The second-order valence-electron chi connectivity index (χ2n) is 3.34. The van der Waals surface area contributed by atoms with Crippen LogP contribution in [-0.2, 0) is 6.42 Å². The Kier molecular flexibility index (Phi) is 2.72. The van der Waals surface area contributed by atoms with Crippen LogP contribution in [0, 0.1) is 0 Å². The molecule has 1 N–H and O–H groups in total. The lowest BCUT2D eigenvalue weighted by molar-refractivity contribution is 0.618. The Morgan fingerprint density at radius 1 is 1.53 bits per heavy atom. The molecule has 0 bridgehead atoms. The third kappa shape index (κ3) is 2.01. The van der Waals surface area contributed by atoms with E-state index in [0.29, 0.717) is 12.6 Å². The monoisotopic (exact) mass is 202 g/mol. The average Bonchev–Trinajstić information content (AvgIpc) is 2.67. The summed E-state index contributed by atoms with van der Waals surface area (Å²) in [6.07, 6.45) is 2.78. The van der Waals surface area contributed by atoms with Crippen LogP contribution in [0.2, 0.25) is 0 Å². The molecule has 0 unspecified atom stereocenters. The van der Waals surface area contributed by atoms with Crippen molar-refractivity contribution in [1.29, 1.82) is 0 Å². The van der Waals surface area contributed by atoms with Crippen molar-refractivity contribution < 1.29 is 4.42 Å². The van der Waals surface area contributed by atoms with Crippen molar-refractivity contribution in [1.82, 2.24) is 4.98 Å². The van der Waals surface area contributed by atoms with Crippen molar-refractivity contribution in [2.24, 2.45) is 0 Å². The highest BCUT2D eigenvalue weighted by atomic mass is 16.4. The molecule has 3 heteroatoms. The summed E-state index contributed by atoms with van der Waals surface area (Å²) >= 11 is 0. The van der Waals surface area contributed by atoms with Gasteiger partial charge in [0.15, 0.2) is 5.58 Å². The molecule has 1 aromatic heterocycles. The van der Waals surface area contributed by atoms with Crippen molar-refractivity contribution in [2.75, 3.05) is 11.9 Å². The zero-order valence-corrected chi connectivity index (χ0v) is 8.79. The van der Waals surface area contributed by atoms with E-state index in [9.17, 15) is 0 Å². The summed E-state index contributed by atoms with van der Waals surface area (Å²) in [4.78, 5) is 4.33. The predicted octanol–water partition coefficient (Wildman–Crippen LogP) is 2.99. The number of fused-ring (bicyclic) bond motifs is 1. The lowest BCUT2D eigenvalue weighted by Gasteiger charge is -1.92. The minimum Gasteiger partial charge on any atom is -0.424 e. The first-order valence-electron chi connectivity index (χ1n) is 5.07. The maximum atomic E-state index is 5.50. The zero-order chi connectivity index (χ0) is 10.7. The van der Waals surface area contributed by atoms with Crippen LogP contribution in [0.25, 0.3) is 11.1 Å². The summed E-state index contributed by atoms with van der Waals surface area (Å²) in [6, 6.07) is 6.63. The van der Waals surface area contributed by atoms with Crippen molar-refractivity contribution in [3.8, 4) is 0 Å². The molecule has 2 rings (SSSR count). The smallest absolute Gasteiger partial charge is 0.295 e. The Bertz CT molecular complexity index is 473. The van der Waals surface area contributed by atoms with Gasteiger partial charge in [0.2, 0.25) is 0 Å². The summed E-state index contributed by atoms with van der Waals surface area (Å²) in [7, 11) is 0. The molecular weight excluding hydrogens is 188 g/mol. The van der Waals surface area contributed by atoms with Crippen molar-refractivity contribution in [2.45, 2.75) is 13.3 Å². The highest BCUT2D eigenvalue weighted by molar-refractivity contribution is 5.75. The number of anilines is 1. The molecule has 0 fully saturated rings. The summed E-state index contributed by atoms with van der Waals surface area (Å²) in [5.41, 5.74) is 2.99. The first kappa shape index (κ1) is 9.77. The van der Waals surface area contributed by atoms with Gasteiger partial charge < -0.3 is 9.73 Å². The molecule has 0 spiro atoms. The number of hydrogen-bond donors (Lipinski definition) is 1. The second kappa shape index (κ2) is 4.17. The molecule has 78 valence electrons. The van der Waals surface area contributed by atoms with Gasteiger partial charge in [-0.05, 0) is 24.1 Å². The van der Waals surface area contributed by atoms with Gasteiger partial charge >= 0.3 is 0 Å². The largest absolute Gasteiger partial charge is 0.424 e. The van der Waals surface area contributed by atoms with Crippen LogP contribution in [0.3, 0.4) is 0 Å². The Labute approximate surface area is 88.8 Å². The molecule has 1 heterocycles. The highest BCUT2D eigenvalue weighted by Crippen LogP contribution is 2.20. The molecule has 0 aliphatic carbocycles. The standard InChI is InChI=1S/C12H14N2O/c1-3-7-13-12-14-10-8-9(4-2)5-6-11(10)15-12/h3,5-6,8H,1,4,7H2,2H3,(H,13,14). The molecule has 0 saturated carbocycles. The van der Waals surface area contributed by atoms with Gasteiger partial charge in [-0.2, -0.15) is 4.98 Å². The van der Waals surface area contributed by atoms with E-state index in [0.717, 1.165) is 17.5 Å². The number of oxazole rings is 1. The number of nitrogens with zero attached hydrogens (tertiary/aromatic N) is 1. The fourth-order valence-corrected chi connectivity index (χ4v) is 1.43. The van der Waals surface area contributed by atoms with Gasteiger partial charge in [-0.25, -0.2) is 0 Å². The maximum Gasteiger partial charge on any atom is 0.295 e. The summed E-state index contributed by atoms with van der Waals surface area (Å²) < 4.78 is 5.50. The van der Waals surface area contributed by atoms with Crippen molar-refractivity contribution in [3.63, 3.8) is 0 Å². The fourth-order valence-electron chi connectivity index (χ4n) is 1.43. The Morgan fingerprint density at radius 2 is 2.40 bits per heavy atom. The van der Waals surface area contributed by atoms with Crippen LogP contribution in [0.4, 0.5) is 6.01 Å². The fraction of sp³-hybridized carbons (Fsp3) is 0.250. The van der Waals surface area contributed by atoms with Gasteiger partial charge in [-0.3, -0.25) is 0 Å². The number of nitrogens with one attached hydrogen (secondary N) is 1. The Balaban J connectivity index is 2.33. The quantitative estimate of drug-likeness (QED) is 0.774. The number of rotatable bonds is 4. The minimum absolute atomic E-state index is 0.554. The van der Waals surface area contributed by atoms with E-state index >= 15 is 0 Å². The van der Waals surface area contributed by atoms with Crippen LogP contribution < -0.4 is 5.32 Å². The van der Waals surface area contributed by atoms with E-state index in [2.05, 4.69) is 35.9 Å². The van der Waals surface area contributed by atoms with Crippen molar-refractivity contribution in [3.05, 3.63) is 36.4 Å². The van der Waals surface area contributed by atoms with Crippen LogP contribution in [-0.4, -0.2) is 11.5 Å². The zero-order valence-electron chi connectivity index (χ0n) is 8.79. The molecule has 0 atom stereocenters. The van der Waals surface area contributed by atoms with E-state index in [1.807, 2.05) is 6.07 Å². The third-order valence-electron chi connectivity index (χ3n) is 2.26. The molecule has 0 radical (unpaired) electrons. The summed E-state index contributed by atoms with van der Waals surface area (Å²) in [5, 5.41) is 3.03. The molecule has 3 nitrogen and oxygen atoms in total. The van der Waals surface area contributed by atoms with Gasteiger partial charge in [-0.1, -0.05) is 19.1 Å². The molecule has 15 heavy (non-hydrogen) atoms. The Hall–Kier alpha value is -1.77. The number of aryl methyl sites for hydroxylation is 1. The van der Waals surface area contributed by atoms with E-state index < -0.39 is 0 Å². The predicted molar refractivity (Wildman–Crippen MR) is 62.1 cm³/mol. The SMILES string of the molecule is C=CCNc1nc2cc(CC)ccc2o1. The summed E-state index contributed by atoms with van der Waals surface area (Å²) in [5.74, 6) is 0. The van der Waals surface area contributed by atoms with Gasteiger partial charge in [0.05, 0.1) is 0 Å². The lowest BCUT2D eigenvalue weighted by Crippen LogP contribution is -1.96. The van der Waals surface area contributed by atoms with E-state index in [1.165, 1.54) is 5.56 Å². The summed E-state index contributed by atoms with van der Waals surface area (Å²) in [6.45, 7) is 6.41. The highest BCUT2D eigenvalue weighted by Gasteiger charge is 2.04. The lowest BCUT2D eigenvalue weighted by atomic mass is 10.1. The van der Waals surface area contributed by atoms with Crippen LogP contribution in [0.15, 0.2) is 35.3 Å². The number of aromatic nitrogens is 1. The molecule has 0 aliphatic heterocycles. The Morgan fingerprint density at radius 3 is 3.13 bits per heavy atom. The third-order valence-corrected chi connectivity index (χ3v) is 2.26. The molecule has 2 aromatic rings. The molecule has 1 aromatic carbocycles. The van der Waals surface area contributed by atoms with Gasteiger partial charge in [0.1, 0.15) is 5.52 Å². The maximum absolute atomic E-state index is 5.50. The molecule has 0 amide bonds. The first-order valence-corrected chi connectivity index (χ1v) is 5.07. The minimum atomic E-state index is 0.554. The van der Waals surface area contributed by atoms with Gasteiger partial charge in [0, 0.05) is 6.54 Å². The van der Waals surface area contributed by atoms with E-state index in [-0.39, 0.29) is 0 Å². The normalized spacial score (nSPS) is 10.5. The second-order valence-corrected chi connectivity index (χ2v) is 3.34. The molecule has 0 saturated heterocycles. The number of hydrogen-bond acceptors (Lipinski definition) is 3. The van der Waals surface area contributed by atoms with Crippen molar-refractivity contribution >= 4 is 17.1 Å². The van der Waals surface area contributed by atoms with E-state index in [1.54, 1.807) is 6.08 Å². The average molecular weight is 202 g/mol. The van der Waals surface area contributed by atoms with Crippen LogP contribution in [0.5, 0.6) is 0 Å². The number of benzene rings is 1. The first-order chi connectivity index (χ1) is 7.33. The topological polar surface area (TPSA) is 38.1 Å². The molecule has 0 aliphatic rings. The van der Waals surface area contributed by atoms with Gasteiger partial charge in [0.25, 0.3) is 6.01 Å². The molecular formula is C12H14N2O. The van der Waals surface area contributed by atoms with Crippen LogP contribution >= 0.6 is 0 Å².